The number of rotatable bonds is 3. The van der Waals surface area contributed by atoms with E-state index in [4.69, 9.17) is 4.74 Å². The third kappa shape index (κ3) is 3.37. The zero-order valence-electron chi connectivity index (χ0n) is 12.3. The fourth-order valence-corrected chi connectivity index (χ4v) is 3.61. The third-order valence-electron chi connectivity index (χ3n) is 3.42. The van der Waals surface area contributed by atoms with Gasteiger partial charge in [0.2, 0.25) is 0 Å². The van der Waals surface area contributed by atoms with Crippen LogP contribution in [0.4, 0.5) is 5.13 Å². The molecule has 1 aliphatic heterocycles. The highest BCUT2D eigenvalue weighted by Gasteiger charge is 2.22. The monoisotopic (exact) mass is 395 g/mol. The number of thiazole rings is 1. The first-order chi connectivity index (χ1) is 11.1. The van der Waals surface area contributed by atoms with Crippen molar-refractivity contribution >= 4 is 44.2 Å². The number of carbonyl (C=O) groups excluding carboxylic acids is 2. The van der Waals surface area contributed by atoms with Crippen molar-refractivity contribution in [2.45, 2.75) is 12.8 Å². The first kappa shape index (κ1) is 15.9. The maximum absolute atomic E-state index is 12.4. The van der Waals surface area contributed by atoms with E-state index in [1.54, 1.807) is 25.3 Å². The predicted octanol–water partition coefficient (Wildman–Crippen LogP) is 2.84. The summed E-state index contributed by atoms with van der Waals surface area (Å²) in [6.07, 6.45) is 1.57. The van der Waals surface area contributed by atoms with E-state index in [1.807, 2.05) is 0 Å². The van der Waals surface area contributed by atoms with Crippen LogP contribution in [0.3, 0.4) is 0 Å². The molecule has 2 N–H and O–H groups in total. The summed E-state index contributed by atoms with van der Waals surface area (Å²) < 4.78 is 5.80. The zero-order chi connectivity index (χ0) is 16.4. The van der Waals surface area contributed by atoms with Crippen LogP contribution in [-0.4, -0.2) is 30.5 Å². The number of fused-ring (bicyclic) bond motifs is 1. The number of amides is 2. The molecule has 6 nitrogen and oxygen atoms in total. The van der Waals surface area contributed by atoms with Gasteiger partial charge in [0.25, 0.3) is 11.8 Å². The third-order valence-corrected chi connectivity index (χ3v) is 5.12. The summed E-state index contributed by atoms with van der Waals surface area (Å²) in [5.74, 6) is 0.158. The summed E-state index contributed by atoms with van der Waals surface area (Å²) in [7, 11) is 1.54. The highest BCUT2D eigenvalue weighted by molar-refractivity contribution is 9.10. The summed E-state index contributed by atoms with van der Waals surface area (Å²) >= 11 is 4.55. The molecule has 2 amide bonds. The molecule has 1 aliphatic rings. The first-order valence-corrected chi connectivity index (χ1v) is 8.62. The summed E-state index contributed by atoms with van der Waals surface area (Å²) in [4.78, 5) is 29.3. The van der Waals surface area contributed by atoms with Gasteiger partial charge in [-0.1, -0.05) is 11.3 Å². The van der Waals surface area contributed by atoms with Crippen molar-refractivity contribution in [3.8, 4) is 5.75 Å². The standard InChI is InChI=1S/C15H14BrN3O3S/c1-22-8-4-5-10(16)9(7-8)13(20)19-15-18-11-3-2-6-17-14(21)12(11)23-15/h4-5,7H,2-3,6H2,1H3,(H,17,21)(H,18,19,20). The number of hydrogen-bond donors (Lipinski definition) is 2. The van der Waals surface area contributed by atoms with Crippen LogP contribution >= 0.6 is 27.3 Å². The van der Waals surface area contributed by atoms with Gasteiger partial charge < -0.3 is 10.1 Å². The van der Waals surface area contributed by atoms with Gasteiger partial charge in [-0.05, 0) is 47.0 Å². The average molecular weight is 396 g/mol. The quantitative estimate of drug-likeness (QED) is 0.836. The van der Waals surface area contributed by atoms with Crippen molar-refractivity contribution in [3.63, 3.8) is 0 Å². The van der Waals surface area contributed by atoms with Crippen molar-refractivity contribution in [1.29, 1.82) is 0 Å². The number of aromatic nitrogens is 1. The molecule has 0 atom stereocenters. The predicted molar refractivity (Wildman–Crippen MR) is 91.4 cm³/mol. The van der Waals surface area contributed by atoms with Crippen LogP contribution in [0.2, 0.25) is 0 Å². The second-order valence-electron chi connectivity index (χ2n) is 4.95. The number of halogens is 1. The molecule has 23 heavy (non-hydrogen) atoms. The number of aryl methyl sites for hydroxylation is 1. The van der Waals surface area contributed by atoms with Crippen LogP contribution in [0.15, 0.2) is 22.7 Å². The minimum atomic E-state index is -0.305. The van der Waals surface area contributed by atoms with Crippen molar-refractivity contribution in [3.05, 3.63) is 38.8 Å². The maximum atomic E-state index is 12.4. The summed E-state index contributed by atoms with van der Waals surface area (Å²) in [6.45, 7) is 0.653. The van der Waals surface area contributed by atoms with Crippen LogP contribution in [0.5, 0.6) is 5.75 Å². The van der Waals surface area contributed by atoms with Crippen LogP contribution in [0.1, 0.15) is 32.1 Å². The molecule has 3 rings (SSSR count). The Balaban J connectivity index is 1.84. The molecule has 0 fully saturated rings. The Labute approximate surface area is 145 Å². The van der Waals surface area contributed by atoms with Gasteiger partial charge in [-0.3, -0.25) is 14.9 Å². The molecule has 0 aliphatic carbocycles. The first-order valence-electron chi connectivity index (χ1n) is 7.01. The summed E-state index contributed by atoms with van der Waals surface area (Å²) in [5, 5.41) is 5.99. The highest BCUT2D eigenvalue weighted by atomic mass is 79.9. The van der Waals surface area contributed by atoms with E-state index >= 15 is 0 Å². The number of nitrogens with one attached hydrogen (secondary N) is 2. The Hall–Kier alpha value is -1.93. The fourth-order valence-electron chi connectivity index (χ4n) is 2.26. The van der Waals surface area contributed by atoms with Crippen molar-refractivity contribution in [2.24, 2.45) is 0 Å². The molecule has 2 aromatic rings. The maximum Gasteiger partial charge on any atom is 0.263 e. The Bertz CT molecular complexity index is 775. The van der Waals surface area contributed by atoms with E-state index in [9.17, 15) is 9.59 Å². The van der Waals surface area contributed by atoms with Gasteiger partial charge in [-0.15, -0.1) is 0 Å². The van der Waals surface area contributed by atoms with Gasteiger partial charge in [0.1, 0.15) is 10.6 Å². The number of anilines is 1. The van der Waals surface area contributed by atoms with E-state index in [2.05, 4.69) is 31.5 Å². The van der Waals surface area contributed by atoms with Gasteiger partial charge >= 0.3 is 0 Å². The Morgan fingerprint density at radius 2 is 2.30 bits per heavy atom. The number of methoxy groups -OCH3 is 1. The Kier molecular flexibility index (Phi) is 4.63. The molecule has 120 valence electrons. The van der Waals surface area contributed by atoms with Crippen molar-refractivity contribution in [1.82, 2.24) is 10.3 Å². The summed E-state index contributed by atoms with van der Waals surface area (Å²) in [5.41, 5.74) is 1.18. The van der Waals surface area contributed by atoms with Gasteiger partial charge in [-0.2, -0.15) is 0 Å². The smallest absolute Gasteiger partial charge is 0.263 e. The molecule has 0 saturated heterocycles. The Morgan fingerprint density at radius 1 is 1.48 bits per heavy atom. The lowest BCUT2D eigenvalue weighted by atomic mass is 10.2. The van der Waals surface area contributed by atoms with Crippen LogP contribution in [-0.2, 0) is 6.42 Å². The average Bonchev–Trinajstić information content (AvgIpc) is 2.86. The van der Waals surface area contributed by atoms with Gasteiger partial charge in [-0.25, -0.2) is 4.98 Å². The van der Waals surface area contributed by atoms with Gasteiger partial charge in [0.05, 0.1) is 18.4 Å². The second-order valence-corrected chi connectivity index (χ2v) is 6.81. The van der Waals surface area contributed by atoms with E-state index in [0.29, 0.717) is 32.3 Å². The van der Waals surface area contributed by atoms with E-state index in [1.165, 1.54) is 11.3 Å². The normalized spacial score (nSPS) is 13.7. The number of nitrogens with zero attached hydrogens (tertiary/aromatic N) is 1. The SMILES string of the molecule is COc1ccc(Br)c(C(=O)Nc2nc3c(s2)C(=O)NCCC3)c1. The molecule has 1 aromatic carbocycles. The lowest BCUT2D eigenvalue weighted by Crippen LogP contribution is -2.21. The molecule has 0 unspecified atom stereocenters. The van der Waals surface area contributed by atoms with Crippen molar-refractivity contribution < 1.29 is 14.3 Å². The van der Waals surface area contributed by atoms with E-state index < -0.39 is 0 Å². The van der Waals surface area contributed by atoms with Gasteiger partial charge in [0, 0.05) is 11.0 Å². The number of benzene rings is 1. The lowest BCUT2D eigenvalue weighted by molar-refractivity contribution is 0.0958. The zero-order valence-corrected chi connectivity index (χ0v) is 14.7. The number of carbonyl (C=O) groups is 2. The topological polar surface area (TPSA) is 80.3 Å². The van der Waals surface area contributed by atoms with Crippen LogP contribution in [0.25, 0.3) is 0 Å². The van der Waals surface area contributed by atoms with Gasteiger partial charge in [0.15, 0.2) is 5.13 Å². The minimum absolute atomic E-state index is 0.127. The molecule has 0 spiro atoms. The molecule has 0 bridgehead atoms. The molecule has 2 heterocycles. The summed E-state index contributed by atoms with van der Waals surface area (Å²) in [6, 6.07) is 5.15. The molecule has 0 saturated carbocycles. The second kappa shape index (κ2) is 6.67. The molecule has 8 heteroatoms. The highest BCUT2D eigenvalue weighted by Crippen LogP contribution is 2.28. The van der Waals surface area contributed by atoms with Crippen LogP contribution < -0.4 is 15.4 Å². The molecule has 0 radical (unpaired) electrons. The molecule has 1 aromatic heterocycles. The Morgan fingerprint density at radius 3 is 3.09 bits per heavy atom. The minimum Gasteiger partial charge on any atom is -0.497 e. The fraction of sp³-hybridized carbons (Fsp3) is 0.267. The van der Waals surface area contributed by atoms with Crippen molar-refractivity contribution in [2.75, 3.05) is 19.0 Å². The van der Waals surface area contributed by atoms with Crippen LogP contribution in [0, 0.1) is 0 Å². The van der Waals surface area contributed by atoms with E-state index in [0.717, 1.165) is 18.5 Å². The number of ether oxygens (including phenoxy) is 1. The molecular weight excluding hydrogens is 382 g/mol. The van der Waals surface area contributed by atoms with E-state index in [-0.39, 0.29) is 11.8 Å². The molecular formula is C15H14BrN3O3S. The number of hydrogen-bond acceptors (Lipinski definition) is 5. The lowest BCUT2D eigenvalue weighted by Gasteiger charge is -2.06. The largest absolute Gasteiger partial charge is 0.497 e.